The van der Waals surface area contributed by atoms with Gasteiger partial charge in [-0.1, -0.05) is 92.1 Å². The zero-order valence-electron chi connectivity index (χ0n) is 28.5. The van der Waals surface area contributed by atoms with E-state index in [0.29, 0.717) is 31.6 Å². The highest BCUT2D eigenvalue weighted by Gasteiger charge is 2.56. The van der Waals surface area contributed by atoms with Crippen LogP contribution < -0.4 is 0 Å². The summed E-state index contributed by atoms with van der Waals surface area (Å²) in [6.45, 7) is -0.428. The van der Waals surface area contributed by atoms with Crippen molar-refractivity contribution in [2.75, 3.05) is 13.6 Å². The molecule has 0 radical (unpaired) electrons. The van der Waals surface area contributed by atoms with Gasteiger partial charge < -0.3 is 44.5 Å². The van der Waals surface area contributed by atoms with Crippen LogP contribution in [-0.2, 0) is 44.6 Å². The molecule has 9 nitrogen and oxygen atoms in total. The predicted octanol–water partition coefficient (Wildman–Crippen LogP) is 5.46. The minimum atomic E-state index is -1.95. The van der Waals surface area contributed by atoms with Gasteiger partial charge in [0.15, 0.2) is 13.6 Å². The summed E-state index contributed by atoms with van der Waals surface area (Å²) in [5.41, 5.74) is 8.73. The Balaban J connectivity index is 1.10. The Morgan fingerprint density at radius 3 is 1.39 bits per heavy atom. The first-order valence-corrected chi connectivity index (χ1v) is 17.8. The number of allylic oxidation sites excluding steroid dienone is 4. The second kappa shape index (κ2) is 13.3. The number of fused-ring (bicyclic) bond motifs is 2. The molecule has 266 valence electrons. The Morgan fingerprint density at radius 2 is 0.941 bits per heavy atom. The highest BCUT2D eigenvalue weighted by atomic mass is 16.8. The predicted molar refractivity (Wildman–Crippen MR) is 188 cm³/mol. The molecule has 0 spiro atoms. The van der Waals surface area contributed by atoms with Gasteiger partial charge in [0, 0.05) is 12.8 Å². The van der Waals surface area contributed by atoms with Gasteiger partial charge in [-0.2, -0.15) is 0 Å². The Hall–Kier alpha value is -3.90. The third-order valence-corrected chi connectivity index (χ3v) is 11.1. The monoisotopic (exact) mass is 692 g/mol. The maximum absolute atomic E-state index is 12.0. The van der Waals surface area contributed by atoms with E-state index < -0.39 is 23.1 Å². The van der Waals surface area contributed by atoms with Crippen molar-refractivity contribution in [3.05, 3.63) is 147 Å². The molecule has 1 saturated carbocycles. The van der Waals surface area contributed by atoms with Crippen LogP contribution in [0.5, 0.6) is 5.75 Å². The second-order valence-corrected chi connectivity index (χ2v) is 14.5. The number of aliphatic hydroxyl groups is 4. The van der Waals surface area contributed by atoms with Crippen LogP contribution in [0.1, 0.15) is 77.0 Å². The van der Waals surface area contributed by atoms with E-state index in [9.17, 15) is 25.5 Å². The van der Waals surface area contributed by atoms with Crippen molar-refractivity contribution in [3.8, 4) is 5.75 Å². The Kier molecular flexibility index (Phi) is 8.89. The van der Waals surface area contributed by atoms with Crippen LogP contribution in [0.2, 0.25) is 0 Å². The van der Waals surface area contributed by atoms with Crippen molar-refractivity contribution in [1.82, 2.24) is 0 Å². The lowest BCUT2D eigenvalue weighted by molar-refractivity contribution is -0.241. The molecule has 4 unspecified atom stereocenters. The molecule has 5 aliphatic rings. The normalized spacial score (nSPS) is 30.2. The van der Waals surface area contributed by atoms with Crippen molar-refractivity contribution >= 4 is 0 Å². The van der Waals surface area contributed by atoms with Crippen LogP contribution in [0.4, 0.5) is 0 Å². The van der Waals surface area contributed by atoms with Gasteiger partial charge in [-0.25, -0.2) is 0 Å². The van der Waals surface area contributed by atoms with E-state index >= 15 is 0 Å². The van der Waals surface area contributed by atoms with Crippen molar-refractivity contribution in [1.29, 1.82) is 0 Å². The van der Waals surface area contributed by atoms with E-state index in [0.717, 1.165) is 57.4 Å². The zero-order chi connectivity index (χ0) is 35.3. The average molecular weight is 693 g/mol. The summed E-state index contributed by atoms with van der Waals surface area (Å²) in [7, 11) is 0. The van der Waals surface area contributed by atoms with Gasteiger partial charge in [0.1, 0.15) is 5.75 Å². The second-order valence-electron chi connectivity index (χ2n) is 14.5. The molecule has 2 saturated heterocycles. The number of phenols is 1. The number of benzene rings is 3. The number of ether oxygens (including phenoxy) is 4. The van der Waals surface area contributed by atoms with Gasteiger partial charge in [0.2, 0.25) is 23.1 Å². The largest absolute Gasteiger partial charge is 0.507 e. The van der Waals surface area contributed by atoms with Gasteiger partial charge >= 0.3 is 0 Å². The smallest absolute Gasteiger partial charge is 0.248 e. The van der Waals surface area contributed by atoms with E-state index in [1.807, 2.05) is 24.3 Å². The van der Waals surface area contributed by atoms with Crippen LogP contribution in [0.3, 0.4) is 0 Å². The lowest BCUT2D eigenvalue weighted by Gasteiger charge is -2.32. The number of phenolic OH excluding ortho intramolecular Hbond substituents is 1. The first-order chi connectivity index (χ1) is 24.6. The van der Waals surface area contributed by atoms with E-state index in [4.69, 9.17) is 18.9 Å². The van der Waals surface area contributed by atoms with Gasteiger partial charge in [-0.15, -0.1) is 0 Å². The maximum atomic E-state index is 12.0. The fraction of sp³-hybridized carbons (Fsp3) is 0.381. The Labute approximate surface area is 297 Å². The molecule has 0 aromatic heterocycles. The lowest BCUT2D eigenvalue weighted by Crippen LogP contribution is -2.50. The fourth-order valence-corrected chi connectivity index (χ4v) is 8.10. The molecule has 8 rings (SSSR count). The lowest BCUT2D eigenvalue weighted by atomic mass is 9.81. The van der Waals surface area contributed by atoms with Crippen LogP contribution in [0.25, 0.3) is 0 Å². The summed E-state index contributed by atoms with van der Waals surface area (Å²) in [6.07, 6.45) is 17.3. The molecule has 3 aliphatic carbocycles. The van der Waals surface area contributed by atoms with Crippen LogP contribution in [-0.4, -0.2) is 62.3 Å². The first kappa shape index (κ1) is 34.2. The first-order valence-electron chi connectivity index (χ1n) is 17.8. The van der Waals surface area contributed by atoms with E-state index in [1.54, 1.807) is 12.2 Å². The van der Waals surface area contributed by atoms with E-state index in [1.165, 1.54) is 49.1 Å². The molecule has 2 aliphatic heterocycles. The van der Waals surface area contributed by atoms with Crippen molar-refractivity contribution in [3.63, 3.8) is 0 Å². The van der Waals surface area contributed by atoms with Gasteiger partial charge in [0.05, 0.1) is 0 Å². The Morgan fingerprint density at radius 1 is 0.529 bits per heavy atom. The van der Waals surface area contributed by atoms with Crippen LogP contribution in [0, 0.1) is 0 Å². The van der Waals surface area contributed by atoms with E-state index in [-0.39, 0.29) is 19.3 Å². The molecule has 9 heteroatoms. The van der Waals surface area contributed by atoms with E-state index in [2.05, 4.69) is 36.4 Å². The summed E-state index contributed by atoms with van der Waals surface area (Å²) >= 11 is 0. The minimum Gasteiger partial charge on any atom is -0.507 e. The quantitative estimate of drug-likeness (QED) is 0.198. The molecule has 2 heterocycles. The molecule has 51 heavy (non-hydrogen) atoms. The Bertz CT molecular complexity index is 1810. The average Bonchev–Trinajstić information content (AvgIpc) is 3.61. The number of aromatic hydroxyl groups is 1. The molecular weight excluding hydrogens is 648 g/mol. The minimum absolute atomic E-state index is 0.214. The van der Waals surface area contributed by atoms with Crippen LogP contribution in [0.15, 0.2) is 108 Å². The van der Waals surface area contributed by atoms with Gasteiger partial charge in [-0.05, 0) is 106 Å². The summed E-state index contributed by atoms with van der Waals surface area (Å²) in [4.78, 5) is 0. The van der Waals surface area contributed by atoms with Gasteiger partial charge in [0.25, 0.3) is 0 Å². The van der Waals surface area contributed by atoms with Crippen LogP contribution >= 0.6 is 0 Å². The third-order valence-electron chi connectivity index (χ3n) is 11.1. The van der Waals surface area contributed by atoms with Crippen molar-refractivity contribution in [2.24, 2.45) is 0 Å². The molecule has 0 amide bonds. The molecule has 3 aromatic rings. The highest BCUT2D eigenvalue weighted by Crippen LogP contribution is 2.42. The number of rotatable bonds is 9. The molecule has 0 bridgehead atoms. The number of hydrogen-bond acceptors (Lipinski definition) is 9. The summed E-state index contributed by atoms with van der Waals surface area (Å²) in [5.74, 6) is -7.01. The molecule has 3 fully saturated rings. The SMILES string of the molecule is Oc1c(Cc2ccccc2CC2=CC3(O)OCOC3(O)C=C2)cc(C2CCCCC2)cc1Cc1ccccc1CC1=CC2(O)OCOC2(O)C=C1. The number of hydrogen-bond donors (Lipinski definition) is 5. The molecule has 4 atom stereocenters. The molecule has 5 N–H and O–H groups in total. The standard InChI is InChI=1S/C42H44O9/c43-38-36(20-33-12-6-4-10-31(33)18-28-14-16-39(44)41(46,24-28)50-26-48-39)22-35(30-8-2-1-3-9-30)23-37(38)21-34-13-7-5-11-32(34)19-29-15-17-40(45)42(47,25-29)51-27-49-40/h4-7,10-17,22-25,30,43-47H,1-3,8-9,18-21,26-27H2. The highest BCUT2D eigenvalue weighted by molar-refractivity contribution is 5.51. The van der Waals surface area contributed by atoms with Crippen molar-refractivity contribution < 1.29 is 44.5 Å². The van der Waals surface area contributed by atoms with Gasteiger partial charge in [-0.3, -0.25) is 0 Å². The molecular formula is C42H44O9. The maximum Gasteiger partial charge on any atom is 0.248 e. The summed E-state index contributed by atoms with van der Waals surface area (Å²) in [5, 5.41) is 55.2. The zero-order valence-corrected chi connectivity index (χ0v) is 28.5. The topological polar surface area (TPSA) is 138 Å². The third kappa shape index (κ3) is 6.43. The van der Waals surface area contributed by atoms with Crippen molar-refractivity contribution in [2.45, 2.75) is 86.9 Å². The summed E-state index contributed by atoms with van der Waals surface area (Å²) in [6, 6.07) is 20.6. The molecule has 3 aromatic carbocycles. The summed E-state index contributed by atoms with van der Waals surface area (Å²) < 4.78 is 21.2. The fourth-order valence-electron chi connectivity index (χ4n) is 8.10.